The van der Waals surface area contributed by atoms with Gasteiger partial charge in [-0.2, -0.15) is 5.10 Å². The van der Waals surface area contributed by atoms with Gasteiger partial charge in [0, 0.05) is 5.39 Å². The fourth-order valence-electron chi connectivity index (χ4n) is 2.19. The third-order valence-electron chi connectivity index (χ3n) is 3.26. The topological polar surface area (TPSA) is 93.0 Å². The number of aromatic nitrogens is 3. The van der Waals surface area contributed by atoms with Gasteiger partial charge in [-0.25, -0.2) is 0 Å². The highest BCUT2D eigenvalue weighted by atomic mass is 16.5. The second-order valence-electron chi connectivity index (χ2n) is 4.64. The lowest BCUT2D eigenvalue weighted by atomic mass is 10.2. The molecular weight excluding hydrogens is 272 g/mol. The predicted molar refractivity (Wildman–Crippen MR) is 76.6 cm³/mol. The number of nitrogens with zero attached hydrogens (tertiary/aromatic N) is 2. The smallest absolute Gasteiger partial charge is 0.262 e. The molecule has 0 saturated carbocycles. The molecule has 0 aliphatic carbocycles. The molecule has 108 valence electrons. The zero-order valence-corrected chi connectivity index (χ0v) is 11.9. The van der Waals surface area contributed by atoms with Crippen LogP contribution in [-0.4, -0.2) is 28.4 Å². The molecule has 2 N–H and O–H groups in total. The minimum Gasteiger partial charge on any atom is -0.497 e. The summed E-state index contributed by atoms with van der Waals surface area (Å²) in [5.41, 5.74) is 1.78. The van der Waals surface area contributed by atoms with Gasteiger partial charge in [0.2, 0.25) is 0 Å². The summed E-state index contributed by atoms with van der Waals surface area (Å²) in [5.74, 6) is 1.30. The number of aryl methyl sites for hydroxylation is 2. The number of fused-ring (bicyclic) bond motifs is 1. The number of benzene rings is 1. The van der Waals surface area contributed by atoms with Gasteiger partial charge in [-0.3, -0.25) is 9.89 Å². The zero-order chi connectivity index (χ0) is 15.0. The van der Waals surface area contributed by atoms with Crippen molar-refractivity contribution in [2.24, 2.45) is 0 Å². The molecule has 0 atom stereocenters. The van der Waals surface area contributed by atoms with E-state index in [1.54, 1.807) is 21.0 Å². The molecule has 0 saturated heterocycles. The summed E-state index contributed by atoms with van der Waals surface area (Å²) in [4.78, 5) is 12.3. The van der Waals surface area contributed by atoms with E-state index >= 15 is 0 Å². The van der Waals surface area contributed by atoms with Crippen LogP contribution >= 0.6 is 0 Å². The highest BCUT2D eigenvalue weighted by Gasteiger charge is 2.19. The molecule has 0 bridgehead atoms. The first-order chi connectivity index (χ1) is 10.1. The lowest BCUT2D eigenvalue weighted by molar-refractivity contribution is 0.102. The Morgan fingerprint density at radius 3 is 2.86 bits per heavy atom. The average molecular weight is 286 g/mol. The van der Waals surface area contributed by atoms with Crippen molar-refractivity contribution in [2.75, 3.05) is 12.4 Å². The van der Waals surface area contributed by atoms with E-state index in [0.717, 1.165) is 10.9 Å². The molecule has 0 aliphatic rings. The van der Waals surface area contributed by atoms with Crippen LogP contribution in [0.15, 0.2) is 22.7 Å². The van der Waals surface area contributed by atoms with Crippen molar-refractivity contribution < 1.29 is 14.1 Å². The predicted octanol–water partition coefficient (Wildman–Crippen LogP) is 2.43. The van der Waals surface area contributed by atoms with Gasteiger partial charge in [-0.05, 0) is 32.0 Å². The first-order valence-electron chi connectivity index (χ1n) is 6.36. The summed E-state index contributed by atoms with van der Waals surface area (Å²) in [6.07, 6.45) is 0. The van der Waals surface area contributed by atoms with Crippen molar-refractivity contribution in [1.82, 2.24) is 15.4 Å². The van der Waals surface area contributed by atoms with Crippen LogP contribution in [0.1, 0.15) is 21.8 Å². The van der Waals surface area contributed by atoms with Crippen molar-refractivity contribution in [3.05, 3.63) is 35.2 Å². The lowest BCUT2D eigenvalue weighted by Gasteiger charge is -2.03. The minimum atomic E-state index is -0.303. The highest BCUT2D eigenvalue weighted by Crippen LogP contribution is 2.26. The van der Waals surface area contributed by atoms with Crippen molar-refractivity contribution in [3.8, 4) is 5.75 Å². The SMILES string of the molecule is COc1ccc2[nH]nc(NC(=O)c3c(C)noc3C)c2c1. The van der Waals surface area contributed by atoms with Crippen LogP contribution in [0, 0.1) is 13.8 Å². The quantitative estimate of drug-likeness (QED) is 0.771. The lowest BCUT2D eigenvalue weighted by Crippen LogP contribution is -2.14. The van der Waals surface area contributed by atoms with Crippen LogP contribution in [0.4, 0.5) is 5.82 Å². The van der Waals surface area contributed by atoms with Gasteiger partial charge in [-0.15, -0.1) is 0 Å². The van der Waals surface area contributed by atoms with E-state index in [-0.39, 0.29) is 5.91 Å². The monoisotopic (exact) mass is 286 g/mol. The third kappa shape index (κ3) is 2.22. The average Bonchev–Trinajstić information content (AvgIpc) is 3.02. The second-order valence-corrected chi connectivity index (χ2v) is 4.64. The maximum absolute atomic E-state index is 12.3. The Morgan fingerprint density at radius 2 is 2.19 bits per heavy atom. The van der Waals surface area contributed by atoms with E-state index in [4.69, 9.17) is 9.26 Å². The molecule has 0 radical (unpaired) electrons. The summed E-state index contributed by atoms with van der Waals surface area (Å²) >= 11 is 0. The number of anilines is 1. The number of carbonyl (C=O) groups is 1. The Bertz CT molecular complexity index is 799. The molecule has 3 aromatic rings. The van der Waals surface area contributed by atoms with E-state index in [9.17, 15) is 4.79 Å². The fraction of sp³-hybridized carbons (Fsp3) is 0.214. The van der Waals surface area contributed by atoms with Crippen LogP contribution in [0.3, 0.4) is 0 Å². The Kier molecular flexibility index (Phi) is 3.09. The van der Waals surface area contributed by atoms with E-state index in [1.165, 1.54) is 0 Å². The van der Waals surface area contributed by atoms with Gasteiger partial charge in [0.25, 0.3) is 5.91 Å². The normalized spacial score (nSPS) is 10.8. The van der Waals surface area contributed by atoms with E-state index < -0.39 is 0 Å². The van der Waals surface area contributed by atoms with Crippen LogP contribution in [0.2, 0.25) is 0 Å². The van der Waals surface area contributed by atoms with Gasteiger partial charge in [0.1, 0.15) is 17.1 Å². The maximum atomic E-state index is 12.3. The number of carbonyl (C=O) groups excluding carboxylic acids is 1. The third-order valence-corrected chi connectivity index (χ3v) is 3.26. The molecule has 3 rings (SSSR count). The van der Waals surface area contributed by atoms with E-state index in [1.807, 2.05) is 18.2 Å². The Morgan fingerprint density at radius 1 is 1.38 bits per heavy atom. The Balaban J connectivity index is 1.96. The number of H-pyrrole nitrogens is 1. The van der Waals surface area contributed by atoms with Crippen molar-refractivity contribution >= 4 is 22.6 Å². The number of nitrogens with one attached hydrogen (secondary N) is 2. The summed E-state index contributed by atoms with van der Waals surface area (Å²) in [6, 6.07) is 5.47. The summed E-state index contributed by atoms with van der Waals surface area (Å²) in [6.45, 7) is 3.41. The second kappa shape index (κ2) is 4.93. The molecular formula is C14H14N4O3. The van der Waals surface area contributed by atoms with E-state index in [0.29, 0.717) is 28.6 Å². The van der Waals surface area contributed by atoms with Crippen LogP contribution in [0.25, 0.3) is 10.9 Å². The Labute approximate surface area is 120 Å². The summed E-state index contributed by atoms with van der Waals surface area (Å²) in [7, 11) is 1.59. The molecule has 21 heavy (non-hydrogen) atoms. The van der Waals surface area contributed by atoms with E-state index in [2.05, 4.69) is 20.7 Å². The number of aromatic amines is 1. The molecule has 0 unspecified atom stereocenters. The molecule has 1 amide bonds. The first-order valence-corrected chi connectivity index (χ1v) is 6.36. The molecule has 2 aromatic heterocycles. The van der Waals surface area contributed by atoms with Gasteiger partial charge in [0.05, 0.1) is 18.3 Å². The van der Waals surface area contributed by atoms with Crippen molar-refractivity contribution in [3.63, 3.8) is 0 Å². The highest BCUT2D eigenvalue weighted by molar-refractivity contribution is 6.09. The number of hydrogen-bond acceptors (Lipinski definition) is 5. The molecule has 7 heteroatoms. The number of methoxy groups -OCH3 is 1. The van der Waals surface area contributed by atoms with Crippen molar-refractivity contribution in [2.45, 2.75) is 13.8 Å². The summed E-state index contributed by atoms with van der Waals surface area (Å²) < 4.78 is 10.2. The maximum Gasteiger partial charge on any atom is 0.262 e. The van der Waals surface area contributed by atoms with Gasteiger partial charge < -0.3 is 14.6 Å². The van der Waals surface area contributed by atoms with Crippen LogP contribution in [0.5, 0.6) is 5.75 Å². The van der Waals surface area contributed by atoms with Gasteiger partial charge in [0.15, 0.2) is 5.82 Å². The largest absolute Gasteiger partial charge is 0.497 e. The number of rotatable bonds is 3. The Hall–Kier alpha value is -2.83. The molecule has 0 aliphatic heterocycles. The van der Waals surface area contributed by atoms with Crippen molar-refractivity contribution in [1.29, 1.82) is 0 Å². The molecule has 0 spiro atoms. The summed E-state index contributed by atoms with van der Waals surface area (Å²) in [5, 5.41) is 14.3. The standard InChI is InChI=1S/C14H14N4O3/c1-7-12(8(2)21-18-7)14(19)15-13-10-6-9(20-3)4-5-11(10)16-17-13/h4-6H,1-3H3,(H2,15,16,17,19). The molecule has 1 aromatic carbocycles. The van der Waals surface area contributed by atoms with Gasteiger partial charge >= 0.3 is 0 Å². The minimum absolute atomic E-state index is 0.303. The first kappa shape index (κ1) is 13.2. The number of hydrogen-bond donors (Lipinski definition) is 2. The number of amides is 1. The molecule has 0 fully saturated rings. The number of ether oxygens (including phenoxy) is 1. The molecule has 2 heterocycles. The van der Waals surface area contributed by atoms with Crippen LogP contribution < -0.4 is 10.1 Å². The molecule has 7 nitrogen and oxygen atoms in total. The van der Waals surface area contributed by atoms with Gasteiger partial charge in [-0.1, -0.05) is 5.16 Å². The fourth-order valence-corrected chi connectivity index (χ4v) is 2.19. The van der Waals surface area contributed by atoms with Crippen LogP contribution in [-0.2, 0) is 0 Å². The zero-order valence-electron chi connectivity index (χ0n) is 11.9.